The third kappa shape index (κ3) is 4.97. The Labute approximate surface area is 175 Å². The van der Waals surface area contributed by atoms with E-state index in [-0.39, 0.29) is 31.4 Å². The van der Waals surface area contributed by atoms with E-state index >= 15 is 0 Å². The van der Waals surface area contributed by atoms with Crippen LogP contribution in [0.15, 0.2) is 48.5 Å². The predicted molar refractivity (Wildman–Crippen MR) is 112 cm³/mol. The molecule has 2 amide bonds. The number of carboxylic acids is 1. The fraction of sp³-hybridized carbons (Fsp3) is 0.348. The van der Waals surface area contributed by atoms with Crippen LogP contribution in [0, 0.1) is 0 Å². The molecule has 1 aliphatic rings. The van der Waals surface area contributed by atoms with Crippen molar-refractivity contribution in [3.8, 4) is 11.1 Å². The summed E-state index contributed by atoms with van der Waals surface area (Å²) in [5.41, 5.74) is 4.42. The van der Waals surface area contributed by atoms with E-state index in [1.165, 1.54) is 0 Å². The highest BCUT2D eigenvalue weighted by molar-refractivity contribution is 5.86. The average Bonchev–Trinajstić information content (AvgIpc) is 3.02. The van der Waals surface area contributed by atoms with Crippen LogP contribution in [0.25, 0.3) is 11.1 Å². The molecule has 0 fully saturated rings. The Morgan fingerprint density at radius 3 is 2.07 bits per heavy atom. The SMILES string of the molecule is CC(C)NC(=O)C(CCC(=O)O)NC(=O)OCC1c2ccccc2-c2ccccc21. The largest absolute Gasteiger partial charge is 0.481 e. The molecule has 1 atom stereocenters. The minimum atomic E-state index is -1.04. The lowest BCUT2D eigenvalue weighted by Gasteiger charge is -2.20. The number of rotatable bonds is 8. The molecule has 0 aromatic heterocycles. The van der Waals surface area contributed by atoms with Gasteiger partial charge in [0.15, 0.2) is 0 Å². The number of carbonyl (C=O) groups excluding carboxylic acids is 2. The lowest BCUT2D eigenvalue weighted by atomic mass is 9.98. The molecule has 0 radical (unpaired) electrons. The molecule has 0 aliphatic heterocycles. The topological polar surface area (TPSA) is 105 Å². The smallest absolute Gasteiger partial charge is 0.407 e. The van der Waals surface area contributed by atoms with Crippen molar-refractivity contribution >= 4 is 18.0 Å². The van der Waals surface area contributed by atoms with Crippen LogP contribution in [0.2, 0.25) is 0 Å². The molecular formula is C23H26N2O5. The first-order valence-electron chi connectivity index (χ1n) is 10.0. The average molecular weight is 410 g/mol. The van der Waals surface area contributed by atoms with Crippen molar-refractivity contribution in [2.75, 3.05) is 6.61 Å². The molecule has 7 nitrogen and oxygen atoms in total. The van der Waals surface area contributed by atoms with Crippen LogP contribution in [-0.2, 0) is 14.3 Å². The number of alkyl carbamates (subject to hydrolysis) is 1. The van der Waals surface area contributed by atoms with Crippen LogP contribution in [-0.4, -0.2) is 41.8 Å². The van der Waals surface area contributed by atoms with Crippen LogP contribution in [0.1, 0.15) is 43.7 Å². The molecule has 0 saturated carbocycles. The molecule has 158 valence electrons. The zero-order valence-corrected chi connectivity index (χ0v) is 17.1. The minimum Gasteiger partial charge on any atom is -0.481 e. The first kappa shape index (κ1) is 21.4. The van der Waals surface area contributed by atoms with E-state index in [4.69, 9.17) is 9.84 Å². The summed E-state index contributed by atoms with van der Waals surface area (Å²) in [7, 11) is 0. The first-order valence-corrected chi connectivity index (χ1v) is 10.0. The summed E-state index contributed by atoms with van der Waals surface area (Å²) in [4.78, 5) is 35.6. The number of carbonyl (C=O) groups is 3. The predicted octanol–water partition coefficient (Wildman–Crippen LogP) is 3.28. The fourth-order valence-corrected chi connectivity index (χ4v) is 3.70. The van der Waals surface area contributed by atoms with Gasteiger partial charge >= 0.3 is 12.1 Å². The van der Waals surface area contributed by atoms with Crippen molar-refractivity contribution in [2.45, 2.75) is 44.7 Å². The zero-order chi connectivity index (χ0) is 21.7. The highest BCUT2D eigenvalue weighted by Crippen LogP contribution is 2.44. The summed E-state index contributed by atoms with van der Waals surface area (Å²) in [5.74, 6) is -1.56. The third-order valence-corrected chi connectivity index (χ3v) is 5.03. The Hall–Kier alpha value is -3.35. The van der Waals surface area contributed by atoms with Crippen molar-refractivity contribution in [1.29, 1.82) is 0 Å². The maximum Gasteiger partial charge on any atom is 0.407 e. The van der Waals surface area contributed by atoms with Gasteiger partial charge in [-0.2, -0.15) is 0 Å². The van der Waals surface area contributed by atoms with Gasteiger partial charge in [0, 0.05) is 18.4 Å². The Bertz CT molecular complexity index is 895. The maximum atomic E-state index is 12.4. The lowest BCUT2D eigenvalue weighted by molar-refractivity contribution is -0.137. The van der Waals surface area contributed by atoms with Gasteiger partial charge in [-0.05, 0) is 42.5 Å². The number of carboxylic acid groups (broad SMARTS) is 1. The Morgan fingerprint density at radius 2 is 1.53 bits per heavy atom. The van der Waals surface area contributed by atoms with Crippen molar-refractivity contribution in [1.82, 2.24) is 10.6 Å². The van der Waals surface area contributed by atoms with Crippen LogP contribution in [0.4, 0.5) is 4.79 Å². The molecule has 0 spiro atoms. The number of nitrogens with one attached hydrogen (secondary N) is 2. The Balaban J connectivity index is 1.66. The summed E-state index contributed by atoms with van der Waals surface area (Å²) >= 11 is 0. The van der Waals surface area contributed by atoms with E-state index < -0.39 is 24.0 Å². The molecule has 0 bridgehead atoms. The van der Waals surface area contributed by atoms with Gasteiger partial charge < -0.3 is 20.5 Å². The number of benzene rings is 2. The second-order valence-corrected chi connectivity index (χ2v) is 7.62. The van der Waals surface area contributed by atoms with Gasteiger partial charge in [-0.25, -0.2) is 4.79 Å². The molecular weight excluding hydrogens is 384 g/mol. The van der Waals surface area contributed by atoms with Crippen LogP contribution >= 0.6 is 0 Å². The molecule has 3 N–H and O–H groups in total. The van der Waals surface area contributed by atoms with E-state index in [0.29, 0.717) is 0 Å². The number of ether oxygens (including phenoxy) is 1. The summed E-state index contributed by atoms with van der Waals surface area (Å²) < 4.78 is 5.45. The van der Waals surface area contributed by atoms with Gasteiger partial charge in [-0.15, -0.1) is 0 Å². The number of aliphatic carboxylic acids is 1. The monoisotopic (exact) mass is 410 g/mol. The summed E-state index contributed by atoms with van der Waals surface area (Å²) in [6.07, 6.45) is -0.996. The van der Waals surface area contributed by atoms with E-state index in [0.717, 1.165) is 22.3 Å². The van der Waals surface area contributed by atoms with Gasteiger partial charge in [0.05, 0.1) is 0 Å². The molecule has 0 heterocycles. The molecule has 2 aromatic rings. The van der Waals surface area contributed by atoms with E-state index in [9.17, 15) is 14.4 Å². The van der Waals surface area contributed by atoms with Crippen molar-refractivity contribution < 1.29 is 24.2 Å². The second-order valence-electron chi connectivity index (χ2n) is 7.62. The van der Waals surface area contributed by atoms with Crippen molar-refractivity contribution in [2.24, 2.45) is 0 Å². The van der Waals surface area contributed by atoms with E-state index in [1.54, 1.807) is 13.8 Å². The minimum absolute atomic E-state index is 0.0158. The quantitative estimate of drug-likeness (QED) is 0.619. The number of fused-ring (bicyclic) bond motifs is 3. The highest BCUT2D eigenvalue weighted by Gasteiger charge is 2.30. The Kier molecular flexibility index (Phi) is 6.72. The lowest BCUT2D eigenvalue weighted by Crippen LogP contribution is -2.49. The zero-order valence-electron chi connectivity index (χ0n) is 17.1. The number of amides is 2. The highest BCUT2D eigenvalue weighted by atomic mass is 16.5. The fourth-order valence-electron chi connectivity index (χ4n) is 3.70. The number of hydrogen-bond donors (Lipinski definition) is 3. The second kappa shape index (κ2) is 9.43. The van der Waals surface area contributed by atoms with E-state index in [2.05, 4.69) is 10.6 Å². The standard InChI is InChI=1S/C23H26N2O5/c1-14(2)24-22(28)20(11-12-21(26)27)25-23(29)30-13-19-17-9-5-3-7-15(17)16-8-4-6-10-18(16)19/h3-10,14,19-20H,11-13H2,1-2H3,(H,24,28)(H,25,29)(H,26,27). The number of hydrogen-bond acceptors (Lipinski definition) is 4. The first-order chi connectivity index (χ1) is 14.4. The molecule has 7 heteroatoms. The summed E-state index contributed by atoms with van der Waals surface area (Å²) in [5, 5.41) is 14.1. The van der Waals surface area contributed by atoms with Crippen LogP contribution in [0.5, 0.6) is 0 Å². The Morgan fingerprint density at radius 1 is 0.967 bits per heavy atom. The van der Waals surface area contributed by atoms with Crippen molar-refractivity contribution in [3.63, 3.8) is 0 Å². The van der Waals surface area contributed by atoms with Crippen molar-refractivity contribution in [3.05, 3.63) is 59.7 Å². The van der Waals surface area contributed by atoms with Gasteiger partial charge in [-0.3, -0.25) is 9.59 Å². The van der Waals surface area contributed by atoms with Crippen LogP contribution < -0.4 is 10.6 Å². The normalized spacial score (nSPS) is 13.3. The molecule has 1 unspecified atom stereocenters. The van der Waals surface area contributed by atoms with Crippen LogP contribution in [0.3, 0.4) is 0 Å². The van der Waals surface area contributed by atoms with Gasteiger partial charge in [0.2, 0.25) is 5.91 Å². The molecule has 2 aromatic carbocycles. The third-order valence-electron chi connectivity index (χ3n) is 5.03. The van der Waals surface area contributed by atoms with Gasteiger partial charge in [-0.1, -0.05) is 48.5 Å². The maximum absolute atomic E-state index is 12.4. The molecule has 30 heavy (non-hydrogen) atoms. The molecule has 3 rings (SSSR count). The summed E-state index contributed by atoms with van der Waals surface area (Å²) in [6.45, 7) is 3.70. The van der Waals surface area contributed by atoms with Gasteiger partial charge in [0.1, 0.15) is 12.6 Å². The molecule has 1 aliphatic carbocycles. The summed E-state index contributed by atoms with van der Waals surface area (Å²) in [6, 6.07) is 14.9. The molecule has 0 saturated heterocycles. The van der Waals surface area contributed by atoms with Gasteiger partial charge in [0.25, 0.3) is 0 Å². The van der Waals surface area contributed by atoms with E-state index in [1.807, 2.05) is 48.5 Å².